The molecule has 0 aliphatic carbocycles. The molecule has 1 unspecified atom stereocenters. The average molecular weight is 279 g/mol. The largest absolute Gasteiger partial charge is 0.504 e. The lowest BCUT2D eigenvalue weighted by Gasteiger charge is -2.11. The number of benzene rings is 1. The zero-order valence-electron chi connectivity index (χ0n) is 7.93. The second-order valence-corrected chi connectivity index (χ2v) is 4.08. The van der Waals surface area contributed by atoms with Crippen molar-refractivity contribution < 1.29 is 18.7 Å². The van der Waals surface area contributed by atoms with Crippen molar-refractivity contribution in [2.45, 2.75) is 19.3 Å². The maximum absolute atomic E-state index is 13.3. The molecule has 0 aliphatic rings. The van der Waals surface area contributed by atoms with E-state index in [0.29, 0.717) is 6.29 Å². The Kier molecular flexibility index (Phi) is 3.79. The summed E-state index contributed by atoms with van der Waals surface area (Å²) in [6.07, 6.45) is 0.746. The van der Waals surface area contributed by atoms with Crippen LogP contribution in [0.1, 0.15) is 24.8 Å². The molecule has 0 aliphatic heterocycles. The van der Waals surface area contributed by atoms with Gasteiger partial charge in [0.25, 0.3) is 0 Å². The molecule has 0 saturated carbocycles. The van der Waals surface area contributed by atoms with Gasteiger partial charge in [-0.25, -0.2) is 4.39 Å². The average Bonchev–Trinajstić information content (AvgIpc) is 2.20. The lowest BCUT2D eigenvalue weighted by molar-refractivity contribution is -0.108. The highest BCUT2D eigenvalue weighted by Gasteiger charge is 2.20. The zero-order valence-corrected chi connectivity index (χ0v) is 9.51. The minimum absolute atomic E-state index is 0.0734. The molecule has 1 atom stereocenters. The van der Waals surface area contributed by atoms with Gasteiger partial charge >= 0.3 is 0 Å². The summed E-state index contributed by atoms with van der Waals surface area (Å²) in [5.41, 5.74) is 0.0734. The Labute approximate surface area is 94.0 Å². The molecule has 1 N–H and O–H groups in total. The maximum Gasteiger partial charge on any atom is 0.201 e. The van der Waals surface area contributed by atoms with E-state index in [-0.39, 0.29) is 16.5 Å². The Morgan fingerprint density at radius 2 is 2.13 bits per heavy atom. The van der Waals surface area contributed by atoms with E-state index >= 15 is 0 Å². The molecule has 0 saturated heterocycles. The highest BCUT2D eigenvalue weighted by atomic mass is 79.9. The fourth-order valence-electron chi connectivity index (χ4n) is 1.23. The van der Waals surface area contributed by atoms with E-state index in [4.69, 9.17) is 5.11 Å². The van der Waals surface area contributed by atoms with Crippen molar-refractivity contribution in [3.05, 3.63) is 27.7 Å². The van der Waals surface area contributed by atoms with E-state index in [1.54, 1.807) is 6.92 Å². The first kappa shape index (κ1) is 12.1. The number of carbonyl (C=O) groups excluding carboxylic acids is 1. The van der Waals surface area contributed by atoms with Crippen molar-refractivity contribution in [3.8, 4) is 5.75 Å². The number of halogens is 3. The van der Waals surface area contributed by atoms with Crippen LogP contribution in [0.15, 0.2) is 10.5 Å². The Balaban J connectivity index is 3.25. The summed E-state index contributed by atoms with van der Waals surface area (Å²) in [5, 5.41) is 9.09. The number of phenols is 1. The highest BCUT2D eigenvalue weighted by Crippen LogP contribution is 2.34. The first-order chi connectivity index (χ1) is 6.99. The fourth-order valence-corrected chi connectivity index (χ4v) is 1.65. The van der Waals surface area contributed by atoms with Crippen LogP contribution in [0.5, 0.6) is 5.75 Å². The number of carbonyl (C=O) groups is 1. The van der Waals surface area contributed by atoms with Crippen LogP contribution >= 0.6 is 15.9 Å². The summed E-state index contributed by atoms with van der Waals surface area (Å²) in [6.45, 7) is 1.61. The molecule has 5 heteroatoms. The van der Waals surface area contributed by atoms with Gasteiger partial charge in [0.05, 0.1) is 4.47 Å². The molecule has 0 fully saturated rings. The SMILES string of the molecule is CC(CC=O)c1cc(Br)c(O)c(F)c1F. The van der Waals surface area contributed by atoms with Crippen LogP contribution in [-0.2, 0) is 4.79 Å². The normalized spacial score (nSPS) is 12.5. The third-order valence-electron chi connectivity index (χ3n) is 2.14. The molecule has 1 rings (SSSR count). The number of aldehydes is 1. The van der Waals surface area contributed by atoms with Gasteiger partial charge < -0.3 is 9.90 Å². The van der Waals surface area contributed by atoms with E-state index in [1.807, 2.05) is 0 Å². The van der Waals surface area contributed by atoms with E-state index in [9.17, 15) is 13.6 Å². The number of rotatable bonds is 3. The number of hydrogen-bond acceptors (Lipinski definition) is 2. The smallest absolute Gasteiger partial charge is 0.201 e. The summed E-state index contributed by atoms with van der Waals surface area (Å²) in [6, 6.07) is 1.28. The van der Waals surface area contributed by atoms with Gasteiger partial charge in [0, 0.05) is 6.42 Å². The molecule has 1 aromatic carbocycles. The molecule has 0 bridgehead atoms. The standard InChI is InChI=1S/C10H9BrF2O2/c1-5(2-3-14)6-4-7(11)10(15)9(13)8(6)12/h3-5,15H,2H2,1H3. The van der Waals surface area contributed by atoms with Crippen molar-refractivity contribution in [2.75, 3.05) is 0 Å². The van der Waals surface area contributed by atoms with Gasteiger partial charge in [-0.2, -0.15) is 4.39 Å². The number of phenolic OH excluding ortho intramolecular Hbond substituents is 1. The minimum Gasteiger partial charge on any atom is -0.504 e. The van der Waals surface area contributed by atoms with E-state index in [0.717, 1.165) is 0 Å². The predicted octanol–water partition coefficient (Wildman–Crippen LogP) is 3.13. The molecule has 15 heavy (non-hydrogen) atoms. The molecule has 1 aromatic rings. The predicted molar refractivity (Wildman–Crippen MR) is 54.8 cm³/mol. The van der Waals surface area contributed by atoms with Crippen LogP contribution in [0, 0.1) is 11.6 Å². The highest BCUT2D eigenvalue weighted by molar-refractivity contribution is 9.10. The summed E-state index contributed by atoms with van der Waals surface area (Å²) in [7, 11) is 0. The lowest BCUT2D eigenvalue weighted by atomic mass is 9.97. The maximum atomic E-state index is 13.3. The molecule has 0 heterocycles. The molecule has 2 nitrogen and oxygen atoms in total. The van der Waals surface area contributed by atoms with E-state index in [2.05, 4.69) is 15.9 Å². The van der Waals surface area contributed by atoms with Crippen LogP contribution in [0.3, 0.4) is 0 Å². The zero-order chi connectivity index (χ0) is 11.6. The minimum atomic E-state index is -1.29. The lowest BCUT2D eigenvalue weighted by Crippen LogP contribution is -2.01. The molecule has 0 radical (unpaired) electrons. The fraction of sp³-hybridized carbons (Fsp3) is 0.300. The Morgan fingerprint density at radius 1 is 1.53 bits per heavy atom. The molecular formula is C10H9BrF2O2. The van der Waals surface area contributed by atoms with Gasteiger partial charge in [-0.15, -0.1) is 0 Å². The summed E-state index contributed by atoms with van der Waals surface area (Å²) >= 11 is 2.91. The van der Waals surface area contributed by atoms with Crippen LogP contribution in [-0.4, -0.2) is 11.4 Å². The molecule has 0 amide bonds. The second-order valence-electron chi connectivity index (χ2n) is 3.23. The molecular weight excluding hydrogens is 270 g/mol. The van der Waals surface area contributed by atoms with Crippen LogP contribution < -0.4 is 0 Å². The number of hydrogen-bond donors (Lipinski definition) is 1. The van der Waals surface area contributed by atoms with Crippen LogP contribution in [0.25, 0.3) is 0 Å². The van der Waals surface area contributed by atoms with Crippen molar-refractivity contribution in [1.29, 1.82) is 0 Å². The van der Waals surface area contributed by atoms with Crippen LogP contribution in [0.2, 0.25) is 0 Å². The van der Waals surface area contributed by atoms with E-state index < -0.39 is 23.3 Å². The summed E-state index contributed by atoms with van der Waals surface area (Å²) in [4.78, 5) is 10.3. The van der Waals surface area contributed by atoms with Gasteiger partial charge in [-0.3, -0.25) is 0 Å². The summed E-state index contributed by atoms with van der Waals surface area (Å²) in [5.74, 6) is -3.58. The van der Waals surface area contributed by atoms with E-state index in [1.165, 1.54) is 6.07 Å². The first-order valence-corrected chi connectivity index (χ1v) is 5.08. The topological polar surface area (TPSA) is 37.3 Å². The Hall–Kier alpha value is -0.970. The van der Waals surface area contributed by atoms with Gasteiger partial charge in [0.15, 0.2) is 11.6 Å². The third-order valence-corrected chi connectivity index (χ3v) is 2.75. The quantitative estimate of drug-likeness (QED) is 0.681. The molecule has 0 aromatic heterocycles. The van der Waals surface area contributed by atoms with Crippen LogP contribution in [0.4, 0.5) is 8.78 Å². The van der Waals surface area contributed by atoms with Gasteiger partial charge in [0.2, 0.25) is 5.82 Å². The number of aromatic hydroxyl groups is 1. The van der Waals surface area contributed by atoms with Crippen molar-refractivity contribution in [3.63, 3.8) is 0 Å². The molecule has 82 valence electrons. The third kappa shape index (κ3) is 2.34. The summed E-state index contributed by atoms with van der Waals surface area (Å²) < 4.78 is 26.5. The first-order valence-electron chi connectivity index (χ1n) is 4.29. The van der Waals surface area contributed by atoms with Crippen molar-refractivity contribution >= 4 is 22.2 Å². The van der Waals surface area contributed by atoms with Gasteiger partial charge in [-0.05, 0) is 33.5 Å². The Morgan fingerprint density at radius 3 is 2.67 bits per heavy atom. The van der Waals surface area contributed by atoms with Gasteiger partial charge in [-0.1, -0.05) is 6.92 Å². The van der Waals surface area contributed by atoms with Crippen molar-refractivity contribution in [2.24, 2.45) is 0 Å². The Bertz CT molecular complexity index is 393. The monoisotopic (exact) mass is 278 g/mol. The molecule has 0 spiro atoms. The van der Waals surface area contributed by atoms with Gasteiger partial charge in [0.1, 0.15) is 6.29 Å². The second kappa shape index (κ2) is 4.70. The van der Waals surface area contributed by atoms with Crippen molar-refractivity contribution in [1.82, 2.24) is 0 Å².